The Morgan fingerprint density at radius 1 is 1.18 bits per heavy atom. The first-order valence-corrected chi connectivity index (χ1v) is 7.45. The lowest BCUT2D eigenvalue weighted by molar-refractivity contribution is 0.205. The Balaban J connectivity index is 1.82. The Labute approximate surface area is 131 Å². The third-order valence-corrected chi connectivity index (χ3v) is 3.37. The predicted octanol–water partition coefficient (Wildman–Crippen LogP) is 3.33. The summed E-state index contributed by atoms with van der Waals surface area (Å²) in [6.45, 7) is 3.34. The van der Waals surface area contributed by atoms with E-state index in [0.717, 1.165) is 12.0 Å². The molecule has 1 heterocycles. The van der Waals surface area contributed by atoms with Gasteiger partial charge in [-0.15, -0.1) is 0 Å². The molecule has 4 heteroatoms. The van der Waals surface area contributed by atoms with Gasteiger partial charge in [0.25, 0.3) is 0 Å². The molecule has 4 nitrogen and oxygen atoms in total. The SMILES string of the molecule is CCN(CCc1ccncc1)C(=O)N/C=C/c1ccccc1. The molecule has 0 bridgehead atoms. The Kier molecular flexibility index (Phi) is 6.18. The molecule has 0 saturated carbocycles. The molecule has 114 valence electrons. The van der Waals surface area contributed by atoms with Crippen LogP contribution in [0.2, 0.25) is 0 Å². The number of rotatable bonds is 6. The lowest BCUT2D eigenvalue weighted by atomic mass is 10.2. The average Bonchev–Trinajstić information content (AvgIpc) is 2.57. The number of pyridine rings is 1. The van der Waals surface area contributed by atoms with E-state index in [4.69, 9.17) is 0 Å². The number of amides is 2. The molecular formula is C18H21N3O. The normalized spacial score (nSPS) is 10.6. The van der Waals surface area contributed by atoms with Gasteiger partial charge in [0.2, 0.25) is 0 Å². The van der Waals surface area contributed by atoms with Gasteiger partial charge in [-0.25, -0.2) is 4.79 Å². The second-order valence-electron chi connectivity index (χ2n) is 4.88. The quantitative estimate of drug-likeness (QED) is 0.888. The van der Waals surface area contributed by atoms with Gasteiger partial charge in [0.05, 0.1) is 0 Å². The maximum Gasteiger partial charge on any atom is 0.321 e. The molecular weight excluding hydrogens is 274 g/mol. The smallest absolute Gasteiger partial charge is 0.321 e. The minimum atomic E-state index is -0.0799. The highest BCUT2D eigenvalue weighted by molar-refractivity contribution is 5.76. The van der Waals surface area contributed by atoms with Crippen LogP contribution in [-0.4, -0.2) is 29.0 Å². The van der Waals surface area contributed by atoms with E-state index in [0.29, 0.717) is 13.1 Å². The van der Waals surface area contributed by atoms with Crippen molar-refractivity contribution in [2.24, 2.45) is 0 Å². The maximum atomic E-state index is 12.1. The highest BCUT2D eigenvalue weighted by Gasteiger charge is 2.09. The summed E-state index contributed by atoms with van der Waals surface area (Å²) >= 11 is 0. The van der Waals surface area contributed by atoms with Gasteiger partial charge in [0.15, 0.2) is 0 Å². The molecule has 0 radical (unpaired) electrons. The fourth-order valence-corrected chi connectivity index (χ4v) is 2.08. The largest absolute Gasteiger partial charge is 0.324 e. The van der Waals surface area contributed by atoms with Crippen LogP contribution < -0.4 is 5.32 Å². The van der Waals surface area contributed by atoms with Crippen molar-refractivity contribution in [1.29, 1.82) is 0 Å². The Hall–Kier alpha value is -2.62. The van der Waals surface area contributed by atoms with Gasteiger partial charge in [-0.05, 0) is 42.7 Å². The number of likely N-dealkylation sites (N-methyl/N-ethyl adjacent to an activating group) is 1. The zero-order chi connectivity index (χ0) is 15.6. The van der Waals surface area contributed by atoms with Gasteiger partial charge < -0.3 is 10.2 Å². The number of benzene rings is 1. The lowest BCUT2D eigenvalue weighted by Crippen LogP contribution is -2.38. The Morgan fingerprint density at radius 3 is 2.59 bits per heavy atom. The lowest BCUT2D eigenvalue weighted by Gasteiger charge is -2.20. The number of nitrogens with one attached hydrogen (secondary N) is 1. The summed E-state index contributed by atoms with van der Waals surface area (Å²) in [5.74, 6) is 0. The molecule has 2 aromatic rings. The standard InChI is InChI=1S/C18H21N3O/c1-2-21(15-11-17-8-12-19-13-9-17)18(22)20-14-10-16-6-4-3-5-7-16/h3-10,12-14H,2,11,15H2,1H3,(H,20,22)/b14-10+. The Morgan fingerprint density at radius 2 is 1.91 bits per heavy atom. The molecule has 0 aliphatic carbocycles. The van der Waals surface area contributed by atoms with E-state index in [-0.39, 0.29) is 6.03 Å². The zero-order valence-electron chi connectivity index (χ0n) is 12.8. The van der Waals surface area contributed by atoms with E-state index >= 15 is 0 Å². The molecule has 0 saturated heterocycles. The number of aromatic nitrogens is 1. The van der Waals surface area contributed by atoms with Crippen LogP contribution in [0.5, 0.6) is 0 Å². The summed E-state index contributed by atoms with van der Waals surface area (Å²) in [6.07, 6.45) is 7.94. The monoisotopic (exact) mass is 295 g/mol. The third kappa shape index (κ3) is 5.05. The number of carbonyl (C=O) groups excluding carboxylic acids is 1. The van der Waals surface area contributed by atoms with Crippen molar-refractivity contribution >= 4 is 12.1 Å². The fourth-order valence-electron chi connectivity index (χ4n) is 2.08. The highest BCUT2D eigenvalue weighted by Crippen LogP contribution is 2.02. The first-order chi connectivity index (χ1) is 10.8. The topological polar surface area (TPSA) is 45.2 Å². The van der Waals surface area contributed by atoms with Crippen molar-refractivity contribution < 1.29 is 4.79 Å². The summed E-state index contributed by atoms with van der Waals surface area (Å²) in [6, 6.07) is 13.7. The van der Waals surface area contributed by atoms with E-state index in [2.05, 4.69) is 10.3 Å². The van der Waals surface area contributed by atoms with E-state index in [9.17, 15) is 4.79 Å². The van der Waals surface area contributed by atoms with Crippen LogP contribution in [0.1, 0.15) is 18.1 Å². The van der Waals surface area contributed by atoms with Crippen LogP contribution in [-0.2, 0) is 6.42 Å². The molecule has 1 aromatic heterocycles. The summed E-state index contributed by atoms with van der Waals surface area (Å²) in [7, 11) is 0. The minimum Gasteiger partial charge on any atom is -0.324 e. The number of hydrogen-bond donors (Lipinski definition) is 1. The van der Waals surface area contributed by atoms with Crippen LogP contribution in [0, 0.1) is 0 Å². The van der Waals surface area contributed by atoms with E-state index in [1.807, 2.05) is 55.5 Å². The number of nitrogens with zero attached hydrogens (tertiary/aromatic N) is 2. The first kappa shape index (κ1) is 15.8. The van der Waals surface area contributed by atoms with Crippen LogP contribution >= 0.6 is 0 Å². The molecule has 22 heavy (non-hydrogen) atoms. The second-order valence-corrected chi connectivity index (χ2v) is 4.88. The molecule has 0 fully saturated rings. The molecule has 1 aromatic carbocycles. The second kappa shape index (κ2) is 8.62. The maximum absolute atomic E-state index is 12.1. The predicted molar refractivity (Wildman–Crippen MR) is 89.2 cm³/mol. The summed E-state index contributed by atoms with van der Waals surface area (Å²) in [4.78, 5) is 17.9. The van der Waals surface area contributed by atoms with E-state index < -0.39 is 0 Å². The van der Waals surface area contributed by atoms with Crippen LogP contribution in [0.3, 0.4) is 0 Å². The Bertz CT molecular complexity index is 596. The van der Waals surface area contributed by atoms with Crippen molar-refractivity contribution in [1.82, 2.24) is 15.2 Å². The fraction of sp³-hybridized carbons (Fsp3) is 0.222. The minimum absolute atomic E-state index is 0.0799. The van der Waals surface area contributed by atoms with Gasteiger partial charge >= 0.3 is 6.03 Å². The van der Waals surface area contributed by atoms with Gasteiger partial charge in [-0.3, -0.25) is 4.98 Å². The van der Waals surface area contributed by atoms with Crippen molar-refractivity contribution in [2.45, 2.75) is 13.3 Å². The molecule has 0 unspecified atom stereocenters. The molecule has 0 aliphatic rings. The summed E-state index contributed by atoms with van der Waals surface area (Å²) in [5.41, 5.74) is 2.24. The van der Waals surface area contributed by atoms with Crippen molar-refractivity contribution in [2.75, 3.05) is 13.1 Å². The van der Waals surface area contributed by atoms with E-state index in [1.165, 1.54) is 5.56 Å². The van der Waals surface area contributed by atoms with Gasteiger partial charge in [-0.2, -0.15) is 0 Å². The third-order valence-electron chi connectivity index (χ3n) is 3.37. The van der Waals surface area contributed by atoms with Crippen LogP contribution in [0.4, 0.5) is 4.79 Å². The van der Waals surface area contributed by atoms with Crippen LogP contribution in [0.25, 0.3) is 6.08 Å². The number of hydrogen-bond acceptors (Lipinski definition) is 2. The molecule has 0 aliphatic heterocycles. The summed E-state index contributed by atoms with van der Waals surface area (Å²) in [5, 5.41) is 2.81. The molecule has 0 atom stereocenters. The van der Waals surface area contributed by atoms with Gasteiger partial charge in [-0.1, -0.05) is 30.3 Å². The van der Waals surface area contributed by atoms with E-state index in [1.54, 1.807) is 23.5 Å². The molecule has 1 N–H and O–H groups in total. The zero-order valence-corrected chi connectivity index (χ0v) is 12.8. The van der Waals surface area contributed by atoms with Crippen molar-refractivity contribution in [3.63, 3.8) is 0 Å². The highest BCUT2D eigenvalue weighted by atomic mass is 16.2. The van der Waals surface area contributed by atoms with Crippen molar-refractivity contribution in [3.8, 4) is 0 Å². The molecule has 2 rings (SSSR count). The van der Waals surface area contributed by atoms with Crippen LogP contribution in [0.15, 0.2) is 61.1 Å². The first-order valence-electron chi connectivity index (χ1n) is 7.45. The van der Waals surface area contributed by atoms with Gasteiger partial charge in [0, 0.05) is 31.7 Å². The molecule has 2 amide bonds. The number of urea groups is 1. The average molecular weight is 295 g/mol. The van der Waals surface area contributed by atoms with Gasteiger partial charge in [0.1, 0.15) is 0 Å². The molecule has 0 spiro atoms. The van der Waals surface area contributed by atoms with Crippen molar-refractivity contribution in [3.05, 3.63) is 72.2 Å². The number of carbonyl (C=O) groups is 1. The summed E-state index contributed by atoms with van der Waals surface area (Å²) < 4.78 is 0.